The Labute approximate surface area is 138 Å². The molecule has 1 aromatic rings. The average molecular weight is 320 g/mol. The van der Waals surface area contributed by atoms with E-state index in [1.54, 1.807) is 0 Å². The zero-order chi connectivity index (χ0) is 16.5. The van der Waals surface area contributed by atoms with Gasteiger partial charge in [0, 0.05) is 32.8 Å². The quantitative estimate of drug-likeness (QED) is 0.847. The number of rotatable bonds is 6. The third-order valence-corrected chi connectivity index (χ3v) is 4.40. The number of benzene rings is 1. The Morgan fingerprint density at radius 3 is 2.83 bits per heavy atom. The molecule has 1 aliphatic rings. The summed E-state index contributed by atoms with van der Waals surface area (Å²) in [4.78, 5) is 14.2. The van der Waals surface area contributed by atoms with Gasteiger partial charge in [0.1, 0.15) is 0 Å². The van der Waals surface area contributed by atoms with Crippen LogP contribution >= 0.6 is 0 Å². The van der Waals surface area contributed by atoms with Gasteiger partial charge in [-0.25, -0.2) is 4.79 Å². The standard InChI is InChI=1S/C18H28N2O3/c1-2-23-14-17-8-4-3-7-16(17)12-19-18(22)20-10-5-6-15(13-21)9-11-20/h3-4,7-8,15,21H,2,5-6,9-14H2,1H3,(H,19,22). The number of aliphatic hydroxyl groups is 1. The van der Waals surface area contributed by atoms with E-state index in [1.165, 1.54) is 0 Å². The van der Waals surface area contributed by atoms with E-state index in [1.807, 2.05) is 36.1 Å². The fourth-order valence-corrected chi connectivity index (χ4v) is 2.92. The maximum atomic E-state index is 12.4. The van der Waals surface area contributed by atoms with Crippen molar-refractivity contribution in [2.45, 2.75) is 39.3 Å². The number of hydrogen-bond donors (Lipinski definition) is 2. The van der Waals surface area contributed by atoms with Crippen LogP contribution in [-0.4, -0.2) is 42.3 Å². The summed E-state index contributed by atoms with van der Waals surface area (Å²) in [5.41, 5.74) is 2.21. The lowest BCUT2D eigenvalue weighted by atomic mass is 10.0. The summed E-state index contributed by atoms with van der Waals surface area (Å²) >= 11 is 0. The Bertz CT molecular complexity index is 493. The fraction of sp³-hybridized carbons (Fsp3) is 0.611. The van der Waals surface area contributed by atoms with E-state index in [9.17, 15) is 9.90 Å². The van der Waals surface area contributed by atoms with Crippen LogP contribution in [0.25, 0.3) is 0 Å². The highest BCUT2D eigenvalue weighted by molar-refractivity contribution is 5.74. The summed E-state index contributed by atoms with van der Waals surface area (Å²) in [5, 5.41) is 12.3. The lowest BCUT2D eigenvalue weighted by molar-refractivity contribution is 0.133. The van der Waals surface area contributed by atoms with E-state index in [2.05, 4.69) is 5.32 Å². The SMILES string of the molecule is CCOCc1ccccc1CNC(=O)N1CCCC(CO)CC1. The van der Waals surface area contributed by atoms with E-state index in [4.69, 9.17) is 4.74 Å². The van der Waals surface area contributed by atoms with Crippen molar-refractivity contribution >= 4 is 6.03 Å². The largest absolute Gasteiger partial charge is 0.396 e. The molecule has 0 aliphatic carbocycles. The normalized spacial score (nSPS) is 18.5. The molecular weight excluding hydrogens is 292 g/mol. The van der Waals surface area contributed by atoms with E-state index in [0.717, 1.165) is 43.5 Å². The first-order chi connectivity index (χ1) is 11.2. The molecule has 23 heavy (non-hydrogen) atoms. The molecule has 2 rings (SSSR count). The van der Waals surface area contributed by atoms with Crippen LogP contribution in [0.1, 0.15) is 37.3 Å². The molecule has 0 aromatic heterocycles. The predicted molar refractivity (Wildman–Crippen MR) is 90.0 cm³/mol. The van der Waals surface area contributed by atoms with Crippen molar-refractivity contribution in [2.24, 2.45) is 5.92 Å². The molecule has 0 bridgehead atoms. The number of urea groups is 1. The topological polar surface area (TPSA) is 61.8 Å². The summed E-state index contributed by atoms with van der Waals surface area (Å²) in [6, 6.07) is 8.02. The molecule has 0 radical (unpaired) electrons. The monoisotopic (exact) mass is 320 g/mol. The lowest BCUT2D eigenvalue weighted by Crippen LogP contribution is -2.40. The minimum absolute atomic E-state index is 0.0187. The highest BCUT2D eigenvalue weighted by Crippen LogP contribution is 2.17. The van der Waals surface area contributed by atoms with Gasteiger partial charge in [-0.1, -0.05) is 24.3 Å². The van der Waals surface area contributed by atoms with Gasteiger partial charge in [-0.3, -0.25) is 0 Å². The molecule has 2 N–H and O–H groups in total. The number of nitrogens with zero attached hydrogens (tertiary/aromatic N) is 1. The van der Waals surface area contributed by atoms with Gasteiger partial charge >= 0.3 is 6.03 Å². The van der Waals surface area contributed by atoms with Gasteiger partial charge < -0.3 is 20.1 Å². The third kappa shape index (κ3) is 5.52. The minimum atomic E-state index is -0.0187. The van der Waals surface area contributed by atoms with Crippen molar-refractivity contribution in [1.82, 2.24) is 10.2 Å². The van der Waals surface area contributed by atoms with Crippen molar-refractivity contribution in [3.63, 3.8) is 0 Å². The number of hydrogen-bond acceptors (Lipinski definition) is 3. The van der Waals surface area contributed by atoms with Gasteiger partial charge in [0.2, 0.25) is 0 Å². The molecule has 1 aliphatic heterocycles. The van der Waals surface area contributed by atoms with Crippen molar-refractivity contribution in [3.05, 3.63) is 35.4 Å². The molecule has 1 heterocycles. The maximum absolute atomic E-state index is 12.4. The number of aliphatic hydroxyl groups excluding tert-OH is 1. The summed E-state index contributed by atoms with van der Waals surface area (Å²) in [5.74, 6) is 0.333. The van der Waals surface area contributed by atoms with Crippen molar-refractivity contribution < 1.29 is 14.6 Å². The van der Waals surface area contributed by atoms with Crippen LogP contribution in [0.5, 0.6) is 0 Å². The molecule has 5 heteroatoms. The Balaban J connectivity index is 1.86. The number of nitrogens with one attached hydrogen (secondary N) is 1. The second-order valence-electron chi connectivity index (χ2n) is 6.03. The van der Waals surface area contributed by atoms with Gasteiger partial charge in [-0.05, 0) is 43.2 Å². The number of ether oxygens (including phenoxy) is 1. The minimum Gasteiger partial charge on any atom is -0.396 e. The second-order valence-corrected chi connectivity index (χ2v) is 6.03. The molecule has 5 nitrogen and oxygen atoms in total. The summed E-state index contributed by atoms with van der Waals surface area (Å²) in [7, 11) is 0. The van der Waals surface area contributed by atoms with Gasteiger partial charge in [-0.15, -0.1) is 0 Å². The zero-order valence-electron chi connectivity index (χ0n) is 14.0. The molecule has 0 spiro atoms. The van der Waals surface area contributed by atoms with E-state index < -0.39 is 0 Å². The van der Waals surface area contributed by atoms with Crippen molar-refractivity contribution in [2.75, 3.05) is 26.3 Å². The van der Waals surface area contributed by atoms with Gasteiger partial charge in [0.15, 0.2) is 0 Å². The average Bonchev–Trinajstić information content (AvgIpc) is 2.84. The predicted octanol–water partition coefficient (Wildman–Crippen LogP) is 2.53. The highest BCUT2D eigenvalue weighted by atomic mass is 16.5. The van der Waals surface area contributed by atoms with Crippen molar-refractivity contribution in [3.8, 4) is 0 Å². The molecule has 2 amide bonds. The maximum Gasteiger partial charge on any atom is 0.317 e. The van der Waals surface area contributed by atoms with E-state index in [0.29, 0.717) is 25.7 Å². The summed E-state index contributed by atoms with van der Waals surface area (Å²) < 4.78 is 5.48. The molecule has 128 valence electrons. The van der Waals surface area contributed by atoms with Crippen LogP contribution in [0, 0.1) is 5.92 Å². The van der Waals surface area contributed by atoms with Crippen LogP contribution in [-0.2, 0) is 17.9 Å². The van der Waals surface area contributed by atoms with Crippen LogP contribution in [0.3, 0.4) is 0 Å². The van der Waals surface area contributed by atoms with Crippen LogP contribution in [0.4, 0.5) is 4.79 Å². The third-order valence-electron chi connectivity index (χ3n) is 4.40. The first-order valence-electron chi connectivity index (χ1n) is 8.52. The van der Waals surface area contributed by atoms with Gasteiger partial charge in [0.25, 0.3) is 0 Å². The second kappa shape index (κ2) is 9.53. The van der Waals surface area contributed by atoms with Crippen LogP contribution in [0.15, 0.2) is 24.3 Å². The lowest BCUT2D eigenvalue weighted by Gasteiger charge is -2.21. The molecule has 0 saturated carbocycles. The van der Waals surface area contributed by atoms with E-state index in [-0.39, 0.29) is 12.6 Å². The number of carbonyl (C=O) groups excluding carboxylic acids is 1. The number of carbonyl (C=O) groups is 1. The Morgan fingerprint density at radius 1 is 1.30 bits per heavy atom. The molecule has 1 unspecified atom stereocenters. The Morgan fingerprint density at radius 2 is 2.09 bits per heavy atom. The Kier molecular flexibility index (Phi) is 7.36. The smallest absolute Gasteiger partial charge is 0.317 e. The zero-order valence-corrected chi connectivity index (χ0v) is 14.0. The highest BCUT2D eigenvalue weighted by Gasteiger charge is 2.20. The number of likely N-dealkylation sites (tertiary alicyclic amines) is 1. The van der Waals surface area contributed by atoms with Crippen LogP contribution in [0.2, 0.25) is 0 Å². The Hall–Kier alpha value is -1.59. The molecule has 1 atom stereocenters. The van der Waals surface area contributed by atoms with Gasteiger partial charge in [0.05, 0.1) is 6.61 Å². The first kappa shape index (κ1) is 17.8. The van der Waals surface area contributed by atoms with E-state index >= 15 is 0 Å². The molecule has 1 saturated heterocycles. The molecule has 1 aromatic carbocycles. The van der Waals surface area contributed by atoms with Crippen molar-refractivity contribution in [1.29, 1.82) is 0 Å². The summed E-state index contributed by atoms with van der Waals surface area (Å²) in [6.07, 6.45) is 2.84. The van der Waals surface area contributed by atoms with Crippen LogP contribution < -0.4 is 5.32 Å². The molecular formula is C18H28N2O3. The number of amides is 2. The van der Waals surface area contributed by atoms with Gasteiger partial charge in [-0.2, -0.15) is 0 Å². The molecule has 1 fully saturated rings. The summed E-state index contributed by atoms with van der Waals surface area (Å²) in [6.45, 7) is 5.46. The fourth-order valence-electron chi connectivity index (χ4n) is 2.92. The first-order valence-corrected chi connectivity index (χ1v) is 8.52.